The van der Waals surface area contributed by atoms with E-state index in [0.717, 1.165) is 0 Å². The second kappa shape index (κ2) is 16.9. The lowest BCUT2D eigenvalue weighted by Crippen LogP contribution is -2.16. The highest BCUT2D eigenvalue weighted by atomic mass is 19.4. The maximum absolute atomic E-state index is 13.9. The van der Waals surface area contributed by atoms with Gasteiger partial charge in [-0.15, -0.1) is 0 Å². The second-order valence-electron chi connectivity index (χ2n) is 16.1. The van der Waals surface area contributed by atoms with E-state index in [0.29, 0.717) is 36.4 Å². The fraction of sp³-hybridized carbons (Fsp3) is 0.250. The van der Waals surface area contributed by atoms with E-state index >= 15 is 0 Å². The summed E-state index contributed by atoms with van der Waals surface area (Å²) in [6.07, 6.45) is -31.1. The second-order valence-corrected chi connectivity index (χ2v) is 16.1. The van der Waals surface area contributed by atoms with Gasteiger partial charge in [-0.1, -0.05) is 0 Å². The molecule has 6 rings (SSSR count). The molecule has 0 bridgehead atoms. The quantitative estimate of drug-likeness (QED) is 0.150. The average molecular weight is 966 g/mol. The molecule has 19 heteroatoms. The molecule has 6 aromatic carbocycles. The molecule has 0 aliphatic rings. The van der Waals surface area contributed by atoms with Crippen LogP contribution in [0.3, 0.4) is 0 Å². The standard InChI is InChI=1S/C48H33F18N/c1-22-10-40(25(4)7-37(22)28-13-31(43(49,50)51)19-32(14-28)44(52,53)54)67(41-11-23(2)38(8-26(41)5)29-15-33(45(55,56)57)20-34(16-29)46(58,59)60)42-12-24(3)39(9-27(42)6)30-17-35(47(61,62)63)21-36(18-30)48(64,65)66/h7-21H,1-6H3. The third-order valence-corrected chi connectivity index (χ3v) is 11.0. The molecular weight excluding hydrogens is 932 g/mol. The number of hydrogen-bond acceptors (Lipinski definition) is 1. The number of benzene rings is 6. The van der Waals surface area contributed by atoms with E-state index in [9.17, 15) is 79.0 Å². The number of hydrogen-bond donors (Lipinski definition) is 0. The summed E-state index contributed by atoms with van der Waals surface area (Å²) < 4.78 is 250. The number of aryl methyl sites for hydroxylation is 6. The molecule has 67 heavy (non-hydrogen) atoms. The van der Waals surface area contributed by atoms with Crippen LogP contribution in [0, 0.1) is 41.5 Å². The van der Waals surface area contributed by atoms with Crippen LogP contribution >= 0.6 is 0 Å². The van der Waals surface area contributed by atoms with Gasteiger partial charge in [0, 0.05) is 17.1 Å². The summed E-state index contributed by atoms with van der Waals surface area (Å²) in [5.41, 5.74) is -9.74. The van der Waals surface area contributed by atoms with Crippen molar-refractivity contribution in [3.8, 4) is 33.4 Å². The van der Waals surface area contributed by atoms with Crippen LogP contribution < -0.4 is 4.90 Å². The van der Waals surface area contributed by atoms with Crippen molar-refractivity contribution in [2.75, 3.05) is 4.90 Å². The van der Waals surface area contributed by atoms with Crippen molar-refractivity contribution in [3.05, 3.63) is 158 Å². The van der Waals surface area contributed by atoms with Crippen LogP contribution in [0.5, 0.6) is 0 Å². The maximum atomic E-state index is 13.9. The lowest BCUT2D eigenvalue weighted by atomic mass is 9.91. The van der Waals surface area contributed by atoms with E-state index in [1.165, 1.54) is 82.8 Å². The third-order valence-electron chi connectivity index (χ3n) is 11.0. The van der Waals surface area contributed by atoms with Crippen molar-refractivity contribution in [1.29, 1.82) is 0 Å². The predicted molar refractivity (Wildman–Crippen MR) is 216 cm³/mol. The minimum absolute atomic E-state index is 0.0437. The topological polar surface area (TPSA) is 3.24 Å². The van der Waals surface area contributed by atoms with Crippen molar-refractivity contribution in [1.82, 2.24) is 0 Å². The van der Waals surface area contributed by atoms with Gasteiger partial charge in [0.1, 0.15) is 0 Å². The largest absolute Gasteiger partial charge is 0.416 e. The molecule has 6 aromatic rings. The van der Waals surface area contributed by atoms with Crippen LogP contribution in [0.15, 0.2) is 91.0 Å². The van der Waals surface area contributed by atoms with Gasteiger partial charge in [-0.05, 0) is 199 Å². The maximum Gasteiger partial charge on any atom is 0.416 e. The lowest BCUT2D eigenvalue weighted by molar-refractivity contribution is -0.144. The molecular formula is C48H33F18N. The first-order valence-corrected chi connectivity index (χ1v) is 19.5. The van der Waals surface area contributed by atoms with Crippen LogP contribution in [0.4, 0.5) is 96.1 Å². The summed E-state index contributed by atoms with van der Waals surface area (Å²) in [5.74, 6) is 0. The molecule has 0 atom stereocenters. The van der Waals surface area contributed by atoms with Gasteiger partial charge in [-0.3, -0.25) is 0 Å². The van der Waals surface area contributed by atoms with Crippen molar-refractivity contribution in [2.45, 2.75) is 78.6 Å². The van der Waals surface area contributed by atoms with Gasteiger partial charge < -0.3 is 4.90 Å². The molecule has 0 aliphatic carbocycles. The predicted octanol–water partition coefficient (Wildman–Crippen LogP) is 18.1. The van der Waals surface area contributed by atoms with E-state index in [4.69, 9.17) is 0 Å². The highest BCUT2D eigenvalue weighted by Crippen LogP contribution is 2.48. The Bertz CT molecular complexity index is 2480. The SMILES string of the molecule is Cc1cc(N(c2cc(C)c(-c3cc(C(F)(F)F)cc(C(F)(F)F)c3)cc2C)c2cc(C)c(-c3cc(C(F)(F)F)cc(C(F)(F)F)c3)cc2C)c(C)cc1-c1cc(C(F)(F)F)cc(C(F)(F)F)c1. The smallest absolute Gasteiger partial charge is 0.310 e. The van der Waals surface area contributed by atoms with Gasteiger partial charge in [-0.25, -0.2) is 0 Å². The van der Waals surface area contributed by atoms with Gasteiger partial charge in [0.05, 0.1) is 33.4 Å². The molecule has 0 radical (unpaired) electrons. The Morgan fingerprint density at radius 3 is 0.582 bits per heavy atom. The van der Waals surface area contributed by atoms with Crippen LogP contribution in [-0.4, -0.2) is 0 Å². The molecule has 1 nitrogen and oxygen atoms in total. The van der Waals surface area contributed by atoms with Crippen LogP contribution in [0.1, 0.15) is 66.8 Å². The Labute approximate surface area is 370 Å². The van der Waals surface area contributed by atoms with Crippen LogP contribution in [-0.2, 0) is 37.1 Å². The fourth-order valence-corrected chi connectivity index (χ4v) is 7.78. The number of anilines is 3. The lowest BCUT2D eigenvalue weighted by Gasteiger charge is -2.32. The molecule has 0 saturated heterocycles. The molecule has 0 spiro atoms. The first-order chi connectivity index (χ1) is 30.4. The van der Waals surface area contributed by atoms with Crippen molar-refractivity contribution < 1.29 is 79.0 Å². The van der Waals surface area contributed by atoms with Gasteiger partial charge in [-0.2, -0.15) is 79.0 Å². The average Bonchev–Trinajstić information content (AvgIpc) is 3.18. The van der Waals surface area contributed by atoms with E-state index in [1.807, 2.05) is 0 Å². The van der Waals surface area contributed by atoms with E-state index in [1.54, 1.807) is 0 Å². The van der Waals surface area contributed by atoms with Gasteiger partial charge in [0.2, 0.25) is 0 Å². The number of rotatable bonds is 6. The number of halogens is 18. The molecule has 0 fully saturated rings. The first kappa shape index (κ1) is 50.3. The molecule has 0 aromatic heterocycles. The zero-order valence-electron chi connectivity index (χ0n) is 35.4. The van der Waals surface area contributed by atoms with Gasteiger partial charge in [0.25, 0.3) is 0 Å². The molecule has 0 N–H and O–H groups in total. The van der Waals surface area contributed by atoms with Gasteiger partial charge >= 0.3 is 37.1 Å². The minimum Gasteiger partial charge on any atom is -0.310 e. The van der Waals surface area contributed by atoms with E-state index in [-0.39, 0.29) is 85.3 Å². The Kier molecular flexibility index (Phi) is 12.7. The molecule has 0 aliphatic heterocycles. The van der Waals surface area contributed by atoms with Crippen molar-refractivity contribution in [3.63, 3.8) is 0 Å². The Morgan fingerprint density at radius 2 is 0.418 bits per heavy atom. The first-order valence-electron chi connectivity index (χ1n) is 19.5. The van der Waals surface area contributed by atoms with Crippen LogP contribution in [0.2, 0.25) is 0 Å². The van der Waals surface area contributed by atoms with Crippen molar-refractivity contribution >= 4 is 17.1 Å². The van der Waals surface area contributed by atoms with E-state index < -0.39 is 87.1 Å². The summed E-state index contributed by atoms with van der Waals surface area (Å²) in [4.78, 5) is 1.50. The Balaban J connectivity index is 1.64. The number of nitrogens with zero attached hydrogens (tertiary/aromatic N) is 1. The number of alkyl halides is 18. The van der Waals surface area contributed by atoms with E-state index in [2.05, 4.69) is 0 Å². The normalized spacial score (nSPS) is 13.1. The zero-order chi connectivity index (χ0) is 50.3. The Hall–Kier alpha value is -6.14. The summed E-state index contributed by atoms with van der Waals surface area (Å²) in [6, 6.07) is 11.1. The molecule has 0 amide bonds. The highest BCUT2D eigenvalue weighted by molar-refractivity contribution is 5.88. The molecule has 0 heterocycles. The zero-order valence-corrected chi connectivity index (χ0v) is 35.4. The fourth-order valence-electron chi connectivity index (χ4n) is 7.78. The van der Waals surface area contributed by atoms with Crippen molar-refractivity contribution in [2.24, 2.45) is 0 Å². The van der Waals surface area contributed by atoms with Gasteiger partial charge in [0.15, 0.2) is 0 Å². The summed E-state index contributed by atoms with van der Waals surface area (Å²) in [6.45, 7) is 8.47. The molecule has 356 valence electrons. The molecule has 0 unspecified atom stereocenters. The van der Waals surface area contributed by atoms with Crippen LogP contribution in [0.25, 0.3) is 33.4 Å². The summed E-state index contributed by atoms with van der Waals surface area (Å²) >= 11 is 0. The summed E-state index contributed by atoms with van der Waals surface area (Å²) in [7, 11) is 0. The Morgan fingerprint density at radius 1 is 0.239 bits per heavy atom. The minimum atomic E-state index is -5.19. The third kappa shape index (κ3) is 10.5. The molecule has 0 saturated carbocycles. The summed E-state index contributed by atoms with van der Waals surface area (Å²) in [5, 5.41) is 0. The monoisotopic (exact) mass is 965 g/mol. The highest BCUT2D eigenvalue weighted by Gasteiger charge is 2.40.